The van der Waals surface area contributed by atoms with E-state index in [-0.39, 0.29) is 11.5 Å². The minimum absolute atomic E-state index is 0.0845. The van der Waals surface area contributed by atoms with Crippen molar-refractivity contribution in [3.8, 4) is 0 Å². The van der Waals surface area contributed by atoms with Crippen molar-refractivity contribution in [3.05, 3.63) is 35.9 Å². The number of benzene rings is 1. The molecule has 0 unspecified atom stereocenters. The molecule has 0 saturated heterocycles. The summed E-state index contributed by atoms with van der Waals surface area (Å²) >= 11 is 0. The van der Waals surface area contributed by atoms with Crippen LogP contribution in [0.5, 0.6) is 0 Å². The van der Waals surface area contributed by atoms with Gasteiger partial charge in [0.1, 0.15) is 6.61 Å². The summed E-state index contributed by atoms with van der Waals surface area (Å²) in [6.07, 6.45) is 0.0273. The number of rotatable bonds is 4. The lowest BCUT2D eigenvalue weighted by Gasteiger charge is -2.18. The Morgan fingerprint density at radius 2 is 2.00 bits per heavy atom. The molecule has 1 N–H and O–H groups in total. The molecular weight excluding hydrogens is 226 g/mol. The average molecular weight is 247 g/mol. The number of aliphatic hydroxyl groups excluding tert-OH is 1. The van der Waals surface area contributed by atoms with Gasteiger partial charge in [-0.1, -0.05) is 37.3 Å². The molecule has 1 heterocycles. The van der Waals surface area contributed by atoms with Crippen molar-refractivity contribution in [2.45, 2.75) is 44.8 Å². The summed E-state index contributed by atoms with van der Waals surface area (Å²) in [6, 6.07) is 10.0. The highest BCUT2D eigenvalue weighted by atomic mass is 16.5. The second-order valence-electron chi connectivity index (χ2n) is 5.58. The van der Waals surface area contributed by atoms with Crippen molar-refractivity contribution >= 4 is 5.90 Å². The van der Waals surface area contributed by atoms with Crippen LogP contribution in [0.1, 0.15) is 38.7 Å². The lowest BCUT2D eigenvalue weighted by atomic mass is 9.93. The van der Waals surface area contributed by atoms with Crippen LogP contribution in [0.2, 0.25) is 0 Å². The van der Waals surface area contributed by atoms with Crippen molar-refractivity contribution in [1.29, 1.82) is 0 Å². The van der Waals surface area contributed by atoms with E-state index in [2.05, 4.69) is 4.99 Å². The molecule has 0 radical (unpaired) electrons. The summed E-state index contributed by atoms with van der Waals surface area (Å²) in [7, 11) is 0. The lowest BCUT2D eigenvalue weighted by molar-refractivity contribution is 0.148. The van der Waals surface area contributed by atoms with Crippen LogP contribution < -0.4 is 0 Å². The maximum atomic E-state index is 10.2. The molecule has 0 bridgehead atoms. The van der Waals surface area contributed by atoms with Gasteiger partial charge in [0.05, 0.1) is 18.1 Å². The Kier molecular flexibility index (Phi) is 3.71. The molecule has 0 saturated carbocycles. The van der Waals surface area contributed by atoms with E-state index in [0.717, 1.165) is 5.56 Å². The van der Waals surface area contributed by atoms with E-state index in [4.69, 9.17) is 4.74 Å². The normalized spacial score (nSPS) is 21.0. The molecule has 0 fully saturated rings. The van der Waals surface area contributed by atoms with Gasteiger partial charge >= 0.3 is 0 Å². The Morgan fingerprint density at radius 3 is 2.56 bits per heavy atom. The number of hydrogen-bond acceptors (Lipinski definition) is 3. The number of aliphatic hydroxyl groups is 1. The Bertz CT molecular complexity index is 425. The Hall–Kier alpha value is -1.35. The van der Waals surface area contributed by atoms with E-state index in [9.17, 15) is 5.11 Å². The zero-order valence-electron chi connectivity index (χ0n) is 11.3. The second-order valence-corrected chi connectivity index (χ2v) is 5.58. The fraction of sp³-hybridized carbons (Fsp3) is 0.533. The van der Waals surface area contributed by atoms with E-state index >= 15 is 0 Å². The summed E-state index contributed by atoms with van der Waals surface area (Å²) in [5, 5.41) is 10.2. The number of hydrogen-bond donors (Lipinski definition) is 1. The lowest BCUT2D eigenvalue weighted by Crippen LogP contribution is -2.20. The Morgan fingerprint density at radius 1 is 1.33 bits per heavy atom. The van der Waals surface area contributed by atoms with Crippen molar-refractivity contribution < 1.29 is 9.84 Å². The zero-order chi connectivity index (χ0) is 13.2. The molecule has 1 aromatic rings. The molecule has 3 heteroatoms. The van der Waals surface area contributed by atoms with Gasteiger partial charge in [0.2, 0.25) is 0 Å². The summed E-state index contributed by atoms with van der Waals surface area (Å²) in [5.74, 6) is 0.761. The number of aliphatic imine (C=N–C) groups is 1. The van der Waals surface area contributed by atoms with Crippen LogP contribution in [0.15, 0.2) is 35.3 Å². The van der Waals surface area contributed by atoms with Crippen molar-refractivity contribution in [1.82, 2.24) is 0 Å². The van der Waals surface area contributed by atoms with Gasteiger partial charge in [-0.2, -0.15) is 0 Å². The maximum Gasteiger partial charge on any atom is 0.186 e. The van der Waals surface area contributed by atoms with Crippen LogP contribution in [-0.4, -0.2) is 29.3 Å². The highest BCUT2D eigenvalue weighted by molar-refractivity contribution is 5.78. The molecule has 0 aromatic heterocycles. The molecule has 98 valence electrons. The van der Waals surface area contributed by atoms with Gasteiger partial charge in [0, 0.05) is 5.92 Å². The largest absolute Gasteiger partial charge is 0.478 e. The summed E-state index contributed by atoms with van der Waals surface area (Å²) in [5.41, 5.74) is 0.994. The van der Waals surface area contributed by atoms with Crippen molar-refractivity contribution in [2.75, 3.05) is 6.61 Å². The maximum absolute atomic E-state index is 10.2. The SMILES string of the molecule is C[C@H](c1ccccc1)[C@@H](O)CC1=NC(C)(C)CO1. The summed E-state index contributed by atoms with van der Waals surface area (Å²) in [6.45, 7) is 6.70. The van der Waals surface area contributed by atoms with Crippen molar-refractivity contribution in [2.24, 2.45) is 4.99 Å². The van der Waals surface area contributed by atoms with Gasteiger partial charge in [-0.05, 0) is 19.4 Å². The highest BCUT2D eigenvalue weighted by Gasteiger charge is 2.28. The Balaban J connectivity index is 1.99. The molecule has 1 aliphatic heterocycles. The molecule has 3 nitrogen and oxygen atoms in total. The van der Waals surface area contributed by atoms with Gasteiger partial charge in [-0.15, -0.1) is 0 Å². The minimum Gasteiger partial charge on any atom is -0.478 e. The first-order valence-corrected chi connectivity index (χ1v) is 6.42. The standard InChI is InChI=1S/C15H21NO2/c1-11(12-7-5-4-6-8-12)13(17)9-14-16-15(2,3)10-18-14/h4-8,11,13,17H,9-10H2,1-3H3/t11-,13+/m1/s1. The zero-order valence-corrected chi connectivity index (χ0v) is 11.3. The van der Waals surface area contributed by atoms with E-state index in [0.29, 0.717) is 18.9 Å². The quantitative estimate of drug-likeness (QED) is 0.889. The van der Waals surface area contributed by atoms with Crippen LogP contribution in [0.3, 0.4) is 0 Å². The van der Waals surface area contributed by atoms with E-state index in [1.807, 2.05) is 51.1 Å². The molecule has 1 aliphatic rings. The molecule has 2 atom stereocenters. The van der Waals surface area contributed by atoms with E-state index in [1.165, 1.54) is 0 Å². The summed E-state index contributed by atoms with van der Waals surface area (Å²) < 4.78 is 5.51. The third kappa shape index (κ3) is 3.10. The monoisotopic (exact) mass is 247 g/mol. The fourth-order valence-electron chi connectivity index (χ4n) is 2.10. The smallest absolute Gasteiger partial charge is 0.186 e. The van der Waals surface area contributed by atoms with E-state index < -0.39 is 6.10 Å². The number of ether oxygens (including phenoxy) is 1. The first-order valence-electron chi connectivity index (χ1n) is 6.42. The van der Waals surface area contributed by atoms with Gasteiger partial charge in [0.25, 0.3) is 0 Å². The topological polar surface area (TPSA) is 41.8 Å². The molecule has 18 heavy (non-hydrogen) atoms. The molecule has 1 aromatic carbocycles. The van der Waals surface area contributed by atoms with Crippen LogP contribution >= 0.6 is 0 Å². The molecular formula is C15H21NO2. The van der Waals surface area contributed by atoms with Crippen LogP contribution in [0.4, 0.5) is 0 Å². The molecule has 0 spiro atoms. The molecule has 0 aliphatic carbocycles. The van der Waals surface area contributed by atoms with Crippen molar-refractivity contribution in [3.63, 3.8) is 0 Å². The van der Waals surface area contributed by atoms with Gasteiger partial charge in [-0.3, -0.25) is 0 Å². The predicted molar refractivity (Wildman–Crippen MR) is 72.9 cm³/mol. The van der Waals surface area contributed by atoms with E-state index in [1.54, 1.807) is 0 Å². The third-order valence-electron chi connectivity index (χ3n) is 3.31. The first-order chi connectivity index (χ1) is 8.48. The fourth-order valence-corrected chi connectivity index (χ4v) is 2.10. The van der Waals surface area contributed by atoms with Gasteiger partial charge in [-0.25, -0.2) is 4.99 Å². The number of nitrogens with zero attached hydrogens (tertiary/aromatic N) is 1. The minimum atomic E-state index is -0.458. The van der Waals surface area contributed by atoms with Gasteiger partial charge in [0.15, 0.2) is 5.90 Å². The molecule has 0 amide bonds. The third-order valence-corrected chi connectivity index (χ3v) is 3.31. The second kappa shape index (κ2) is 5.11. The van der Waals surface area contributed by atoms with Gasteiger partial charge < -0.3 is 9.84 Å². The Labute approximate surface area is 109 Å². The molecule has 2 rings (SSSR count). The summed E-state index contributed by atoms with van der Waals surface area (Å²) in [4.78, 5) is 4.47. The predicted octanol–water partition coefficient (Wildman–Crippen LogP) is 2.75. The average Bonchev–Trinajstić information content (AvgIpc) is 2.68. The first kappa shape index (κ1) is 13.1. The highest BCUT2D eigenvalue weighted by Crippen LogP contribution is 2.24. The van der Waals surface area contributed by atoms with Crippen LogP contribution in [0.25, 0.3) is 0 Å². The van der Waals surface area contributed by atoms with Crippen LogP contribution in [-0.2, 0) is 4.74 Å². The van der Waals surface area contributed by atoms with Crippen LogP contribution in [0, 0.1) is 0 Å².